The molecule has 1 amide bonds. The maximum absolute atomic E-state index is 12.9. The van der Waals surface area contributed by atoms with Gasteiger partial charge < -0.3 is 10.2 Å². The maximum atomic E-state index is 12.9. The fourth-order valence-corrected chi connectivity index (χ4v) is 5.82. The summed E-state index contributed by atoms with van der Waals surface area (Å²) < 4.78 is 26.9. The van der Waals surface area contributed by atoms with Crippen molar-refractivity contribution >= 4 is 55.4 Å². The molecule has 1 fully saturated rings. The highest BCUT2D eigenvalue weighted by Gasteiger charge is 2.32. The molecule has 31 heavy (non-hydrogen) atoms. The molecule has 0 bridgehead atoms. The highest BCUT2D eigenvalue weighted by molar-refractivity contribution is 7.91. The van der Waals surface area contributed by atoms with Gasteiger partial charge >= 0.3 is 0 Å². The lowest BCUT2D eigenvalue weighted by molar-refractivity contribution is -0.384. The number of halogens is 1. The Kier molecular flexibility index (Phi) is 7.09. The van der Waals surface area contributed by atoms with Crippen molar-refractivity contribution in [3.8, 4) is 0 Å². The van der Waals surface area contributed by atoms with E-state index in [4.69, 9.17) is 11.6 Å². The average Bonchev–Trinajstić information content (AvgIpc) is 3.16. The van der Waals surface area contributed by atoms with Gasteiger partial charge in [-0.2, -0.15) is 4.31 Å². The van der Waals surface area contributed by atoms with Crippen molar-refractivity contribution < 1.29 is 18.1 Å². The number of aromatic nitrogens is 2. The second-order valence-electron chi connectivity index (χ2n) is 7.30. The van der Waals surface area contributed by atoms with Crippen molar-refractivity contribution in [2.75, 3.05) is 36.4 Å². The van der Waals surface area contributed by atoms with Gasteiger partial charge in [0.25, 0.3) is 15.7 Å². The zero-order chi connectivity index (χ0) is 22.8. The molecule has 3 rings (SSSR count). The monoisotopic (exact) mass is 488 g/mol. The van der Waals surface area contributed by atoms with Gasteiger partial charge in [0.15, 0.2) is 0 Å². The number of carbonyl (C=O) groups excluding carboxylic acids is 1. The number of non-ortho nitro benzene ring substituents is 1. The number of hydrogen-bond donors (Lipinski definition) is 1. The van der Waals surface area contributed by atoms with Gasteiger partial charge in [-0.25, -0.2) is 8.42 Å². The third kappa shape index (κ3) is 5.47. The van der Waals surface area contributed by atoms with Crippen LogP contribution in [0.1, 0.15) is 20.3 Å². The number of anilines is 2. The largest absolute Gasteiger partial charge is 0.368 e. The van der Waals surface area contributed by atoms with Gasteiger partial charge in [0.05, 0.1) is 15.6 Å². The van der Waals surface area contributed by atoms with Gasteiger partial charge in [-0.3, -0.25) is 14.9 Å². The van der Waals surface area contributed by atoms with Gasteiger partial charge in [-0.15, -0.1) is 10.2 Å². The van der Waals surface area contributed by atoms with E-state index in [1.54, 1.807) is 6.07 Å². The SMILES string of the molecule is CC(C)CC(=O)Nc1nnc(S(=O)(=O)N2CCN(c3ccc([N+](=O)[O-])cc3Cl)CC2)s1. The molecule has 0 spiro atoms. The Morgan fingerprint density at radius 1 is 1.29 bits per heavy atom. The number of benzene rings is 1. The number of nitro benzene ring substituents is 1. The topological polar surface area (TPSA) is 139 Å². The van der Waals surface area contributed by atoms with Gasteiger partial charge in [0, 0.05) is 44.7 Å². The van der Waals surface area contributed by atoms with Crippen LogP contribution in [0.15, 0.2) is 22.5 Å². The molecular weight excluding hydrogens is 468 g/mol. The van der Waals surface area contributed by atoms with Crippen LogP contribution in [0.5, 0.6) is 0 Å². The summed E-state index contributed by atoms with van der Waals surface area (Å²) in [5.74, 6) is -0.0830. The second kappa shape index (κ2) is 9.42. The molecule has 0 aliphatic carbocycles. The Bertz CT molecular complexity index is 1080. The number of sulfonamides is 1. The number of carbonyl (C=O) groups is 1. The van der Waals surface area contributed by atoms with Gasteiger partial charge in [-0.1, -0.05) is 36.8 Å². The first-order valence-corrected chi connectivity index (χ1v) is 12.0. The van der Waals surface area contributed by atoms with E-state index >= 15 is 0 Å². The smallest absolute Gasteiger partial charge is 0.272 e. The number of hydrogen-bond acceptors (Lipinski definition) is 9. The van der Waals surface area contributed by atoms with Crippen LogP contribution in [0.25, 0.3) is 0 Å². The molecule has 1 saturated heterocycles. The first-order valence-electron chi connectivity index (χ1n) is 9.40. The zero-order valence-corrected chi connectivity index (χ0v) is 19.2. The predicted octanol–water partition coefficient (Wildman–Crippen LogP) is 2.60. The van der Waals surface area contributed by atoms with Crippen molar-refractivity contribution in [3.63, 3.8) is 0 Å². The van der Waals surface area contributed by atoms with E-state index in [-0.39, 0.29) is 45.1 Å². The standard InChI is InChI=1S/C17H21ClN6O5S2/c1-11(2)9-15(25)19-16-20-21-17(30-16)31(28,29)23-7-5-22(6-8-23)14-4-3-12(24(26)27)10-13(14)18/h3-4,10-11H,5-9H2,1-2H3,(H,19,20,25). The molecule has 1 aromatic heterocycles. The van der Waals surface area contributed by atoms with E-state index in [1.165, 1.54) is 16.4 Å². The summed E-state index contributed by atoms with van der Waals surface area (Å²) in [5.41, 5.74) is 0.498. The van der Waals surface area contributed by atoms with Gasteiger partial charge in [0.1, 0.15) is 0 Å². The van der Waals surface area contributed by atoms with Crippen LogP contribution in [0.4, 0.5) is 16.5 Å². The Morgan fingerprint density at radius 3 is 2.55 bits per heavy atom. The summed E-state index contributed by atoms with van der Waals surface area (Å²) in [6.45, 7) is 4.88. The summed E-state index contributed by atoms with van der Waals surface area (Å²) in [4.78, 5) is 24.1. The molecule has 2 heterocycles. The number of piperazine rings is 1. The molecule has 0 saturated carbocycles. The van der Waals surface area contributed by atoms with Crippen molar-refractivity contribution in [2.45, 2.75) is 24.6 Å². The minimum absolute atomic E-state index is 0.109. The van der Waals surface area contributed by atoms with Crippen LogP contribution >= 0.6 is 22.9 Å². The fraction of sp³-hybridized carbons (Fsp3) is 0.471. The summed E-state index contributed by atoms with van der Waals surface area (Å²) in [6.07, 6.45) is 0.300. The van der Waals surface area contributed by atoms with E-state index in [0.717, 1.165) is 11.3 Å². The Morgan fingerprint density at radius 2 is 1.97 bits per heavy atom. The predicted molar refractivity (Wildman–Crippen MR) is 117 cm³/mol. The third-order valence-corrected chi connectivity index (χ3v) is 7.91. The summed E-state index contributed by atoms with van der Waals surface area (Å²) >= 11 is 6.99. The Balaban J connectivity index is 1.65. The summed E-state index contributed by atoms with van der Waals surface area (Å²) in [7, 11) is -3.86. The van der Waals surface area contributed by atoms with Crippen molar-refractivity contribution in [2.24, 2.45) is 5.92 Å². The minimum Gasteiger partial charge on any atom is -0.368 e. The maximum Gasteiger partial charge on any atom is 0.272 e. The molecule has 11 nitrogen and oxygen atoms in total. The van der Waals surface area contributed by atoms with Crippen LogP contribution in [-0.4, -0.2) is 59.9 Å². The van der Waals surface area contributed by atoms with E-state index in [1.807, 2.05) is 18.7 Å². The molecule has 0 radical (unpaired) electrons. The number of nitrogens with zero attached hydrogens (tertiary/aromatic N) is 5. The van der Waals surface area contributed by atoms with Gasteiger partial charge in [-0.05, 0) is 12.0 Å². The summed E-state index contributed by atoms with van der Waals surface area (Å²) in [6, 6.07) is 4.19. The van der Waals surface area contributed by atoms with E-state index in [0.29, 0.717) is 25.2 Å². The number of nitro groups is 1. The Hall–Kier alpha value is -2.35. The quantitative estimate of drug-likeness (QED) is 0.356. The highest BCUT2D eigenvalue weighted by atomic mass is 35.5. The van der Waals surface area contributed by atoms with Crippen molar-refractivity contribution in [3.05, 3.63) is 33.3 Å². The zero-order valence-electron chi connectivity index (χ0n) is 16.8. The first kappa shape index (κ1) is 23.3. The number of amides is 1. The normalized spacial score (nSPS) is 15.3. The lowest BCUT2D eigenvalue weighted by Gasteiger charge is -2.35. The number of nitrogens with one attached hydrogen (secondary N) is 1. The van der Waals surface area contributed by atoms with Crippen LogP contribution in [-0.2, 0) is 14.8 Å². The molecule has 1 aliphatic rings. The lowest BCUT2D eigenvalue weighted by Crippen LogP contribution is -2.48. The van der Waals surface area contributed by atoms with E-state index < -0.39 is 14.9 Å². The molecule has 1 aromatic carbocycles. The first-order chi connectivity index (χ1) is 14.6. The van der Waals surface area contributed by atoms with Crippen LogP contribution in [0.2, 0.25) is 5.02 Å². The highest BCUT2D eigenvalue weighted by Crippen LogP contribution is 2.31. The van der Waals surface area contributed by atoms with Crippen molar-refractivity contribution in [1.82, 2.24) is 14.5 Å². The molecule has 14 heteroatoms. The number of rotatable bonds is 7. The van der Waals surface area contributed by atoms with Crippen LogP contribution in [0, 0.1) is 16.0 Å². The lowest BCUT2D eigenvalue weighted by atomic mass is 10.1. The molecule has 168 valence electrons. The minimum atomic E-state index is -3.86. The molecule has 0 atom stereocenters. The Labute approximate surface area is 188 Å². The summed E-state index contributed by atoms with van der Waals surface area (Å²) in [5, 5.41) is 21.3. The molecule has 1 aliphatic heterocycles. The molecule has 2 aromatic rings. The molecule has 0 unspecified atom stereocenters. The van der Waals surface area contributed by atoms with Crippen molar-refractivity contribution in [1.29, 1.82) is 0 Å². The molecular formula is C17H21ClN6O5S2. The second-order valence-corrected chi connectivity index (χ2v) is 10.8. The average molecular weight is 489 g/mol. The fourth-order valence-electron chi connectivity index (χ4n) is 3.05. The van der Waals surface area contributed by atoms with Crippen LogP contribution < -0.4 is 10.2 Å². The van der Waals surface area contributed by atoms with Crippen LogP contribution in [0.3, 0.4) is 0 Å². The molecule has 1 N–H and O–H groups in total. The van der Waals surface area contributed by atoms with E-state index in [9.17, 15) is 23.3 Å². The third-order valence-electron chi connectivity index (χ3n) is 4.53. The van der Waals surface area contributed by atoms with E-state index in [2.05, 4.69) is 15.5 Å². The van der Waals surface area contributed by atoms with Gasteiger partial charge in [0.2, 0.25) is 15.4 Å².